The van der Waals surface area contributed by atoms with E-state index in [0.717, 1.165) is 22.0 Å². The van der Waals surface area contributed by atoms with Crippen LogP contribution in [0.1, 0.15) is 34.6 Å². The van der Waals surface area contributed by atoms with Crippen LogP contribution >= 0.6 is 11.3 Å². The third kappa shape index (κ3) is 4.33. The molecule has 3 aromatic heterocycles. The van der Waals surface area contributed by atoms with Crippen LogP contribution in [0.15, 0.2) is 29.6 Å². The molecule has 0 saturated heterocycles. The normalized spacial score (nSPS) is 11.0. The Balaban J connectivity index is 1.46. The van der Waals surface area contributed by atoms with Gasteiger partial charge in [-0.25, -0.2) is 19.3 Å². The molecule has 4 rings (SSSR count). The van der Waals surface area contributed by atoms with Crippen LogP contribution in [0.2, 0.25) is 0 Å². The zero-order valence-electron chi connectivity index (χ0n) is 17.6. The fourth-order valence-corrected chi connectivity index (χ4v) is 3.84. The molecule has 0 unspecified atom stereocenters. The lowest BCUT2D eigenvalue weighted by atomic mass is 10.2. The Labute approximate surface area is 182 Å². The van der Waals surface area contributed by atoms with Crippen molar-refractivity contribution in [3.8, 4) is 22.1 Å². The molecule has 0 aliphatic rings. The SMILES string of the molecule is CCOc1ccc(-c2nc(COC(=O)c3nc4nc(C)cc(C)n4n3)cs2)cc1OC. The van der Waals surface area contributed by atoms with Crippen LogP contribution in [0.5, 0.6) is 11.5 Å². The third-order valence-corrected chi connectivity index (χ3v) is 5.35. The summed E-state index contributed by atoms with van der Waals surface area (Å²) in [6.45, 7) is 6.23. The number of nitrogens with zero attached hydrogens (tertiary/aromatic N) is 5. The highest BCUT2D eigenvalue weighted by Gasteiger charge is 2.17. The highest BCUT2D eigenvalue weighted by atomic mass is 32.1. The van der Waals surface area contributed by atoms with Crippen molar-refractivity contribution in [3.63, 3.8) is 0 Å². The van der Waals surface area contributed by atoms with E-state index in [2.05, 4.69) is 20.1 Å². The van der Waals surface area contributed by atoms with E-state index in [1.165, 1.54) is 15.9 Å². The van der Waals surface area contributed by atoms with E-state index in [0.29, 0.717) is 29.6 Å². The molecule has 31 heavy (non-hydrogen) atoms. The molecule has 0 fully saturated rings. The smallest absolute Gasteiger partial charge is 0.378 e. The number of carbonyl (C=O) groups excluding carboxylic acids is 1. The summed E-state index contributed by atoms with van der Waals surface area (Å²) in [7, 11) is 1.60. The molecule has 9 nitrogen and oxygen atoms in total. The molecule has 3 heterocycles. The molecule has 0 amide bonds. The van der Waals surface area contributed by atoms with E-state index in [1.807, 2.05) is 50.4 Å². The van der Waals surface area contributed by atoms with E-state index in [1.54, 1.807) is 7.11 Å². The number of hydrogen-bond donors (Lipinski definition) is 0. The molecule has 0 spiro atoms. The second kappa shape index (κ2) is 8.68. The van der Waals surface area contributed by atoms with Gasteiger partial charge in [0.2, 0.25) is 0 Å². The lowest BCUT2D eigenvalue weighted by molar-refractivity contribution is 0.0454. The summed E-state index contributed by atoms with van der Waals surface area (Å²) in [6, 6.07) is 7.51. The second-order valence-electron chi connectivity index (χ2n) is 6.70. The second-order valence-corrected chi connectivity index (χ2v) is 7.56. The lowest BCUT2D eigenvalue weighted by Crippen LogP contribution is -2.08. The van der Waals surface area contributed by atoms with Crippen LogP contribution in [-0.4, -0.2) is 44.3 Å². The maximum atomic E-state index is 12.4. The maximum absolute atomic E-state index is 12.4. The minimum absolute atomic E-state index is 0.0183. The summed E-state index contributed by atoms with van der Waals surface area (Å²) in [6.07, 6.45) is 0. The maximum Gasteiger partial charge on any atom is 0.378 e. The number of esters is 1. The number of aryl methyl sites for hydroxylation is 2. The first-order valence-electron chi connectivity index (χ1n) is 9.62. The van der Waals surface area contributed by atoms with Crippen molar-refractivity contribution in [1.29, 1.82) is 0 Å². The van der Waals surface area contributed by atoms with Gasteiger partial charge in [0.25, 0.3) is 11.6 Å². The van der Waals surface area contributed by atoms with Gasteiger partial charge in [-0.1, -0.05) is 0 Å². The van der Waals surface area contributed by atoms with Gasteiger partial charge in [0, 0.05) is 22.3 Å². The summed E-state index contributed by atoms with van der Waals surface area (Å²) >= 11 is 1.45. The summed E-state index contributed by atoms with van der Waals surface area (Å²) in [4.78, 5) is 25.4. The third-order valence-electron chi connectivity index (χ3n) is 4.41. The van der Waals surface area contributed by atoms with Crippen LogP contribution in [-0.2, 0) is 11.3 Å². The minimum atomic E-state index is -0.625. The molecule has 1 aromatic carbocycles. The van der Waals surface area contributed by atoms with Crippen molar-refractivity contribution in [2.75, 3.05) is 13.7 Å². The van der Waals surface area contributed by atoms with Gasteiger partial charge in [-0.3, -0.25) is 0 Å². The number of benzene rings is 1. The summed E-state index contributed by atoms with van der Waals surface area (Å²) in [5.74, 6) is 1.02. The largest absolute Gasteiger partial charge is 0.493 e. The first-order valence-corrected chi connectivity index (χ1v) is 10.5. The monoisotopic (exact) mass is 439 g/mol. The average Bonchev–Trinajstić information content (AvgIpc) is 3.40. The minimum Gasteiger partial charge on any atom is -0.493 e. The Bertz CT molecular complexity index is 1250. The van der Waals surface area contributed by atoms with E-state index in [4.69, 9.17) is 14.2 Å². The highest BCUT2D eigenvalue weighted by Crippen LogP contribution is 2.33. The number of thiazole rings is 1. The summed E-state index contributed by atoms with van der Waals surface area (Å²) in [5.41, 5.74) is 3.17. The number of hydrogen-bond acceptors (Lipinski definition) is 9. The van der Waals surface area contributed by atoms with Crippen LogP contribution in [0.25, 0.3) is 16.3 Å². The van der Waals surface area contributed by atoms with E-state index >= 15 is 0 Å². The predicted octanol–water partition coefficient (Wildman–Crippen LogP) is 3.63. The number of aromatic nitrogens is 5. The van der Waals surface area contributed by atoms with Crippen molar-refractivity contribution in [1.82, 2.24) is 24.6 Å². The Hall–Kier alpha value is -3.53. The van der Waals surface area contributed by atoms with Gasteiger partial charge in [0.1, 0.15) is 11.6 Å². The van der Waals surface area contributed by atoms with Gasteiger partial charge >= 0.3 is 5.97 Å². The first-order chi connectivity index (χ1) is 15.0. The molecule has 0 aliphatic carbocycles. The van der Waals surface area contributed by atoms with Gasteiger partial charge in [0.15, 0.2) is 11.5 Å². The van der Waals surface area contributed by atoms with Gasteiger partial charge < -0.3 is 14.2 Å². The highest BCUT2D eigenvalue weighted by molar-refractivity contribution is 7.13. The molecule has 160 valence electrons. The van der Waals surface area contributed by atoms with Crippen molar-refractivity contribution in [2.24, 2.45) is 0 Å². The molecular weight excluding hydrogens is 418 g/mol. The number of rotatable bonds is 7. The fraction of sp³-hybridized carbons (Fsp3) is 0.286. The molecule has 0 N–H and O–H groups in total. The van der Waals surface area contributed by atoms with E-state index in [-0.39, 0.29) is 12.4 Å². The number of methoxy groups -OCH3 is 1. The Morgan fingerprint density at radius 1 is 1.13 bits per heavy atom. The molecule has 0 bridgehead atoms. The number of fused-ring (bicyclic) bond motifs is 1. The standard InChI is InChI=1S/C21H21N5O4S/c1-5-29-16-7-6-14(9-17(16)28-4)19-23-15(11-31-19)10-30-20(27)18-24-21-22-12(2)8-13(3)26(21)25-18/h6-9,11H,5,10H2,1-4H3. The van der Waals surface area contributed by atoms with Crippen molar-refractivity contribution in [3.05, 3.63) is 52.6 Å². The zero-order valence-corrected chi connectivity index (χ0v) is 18.4. The van der Waals surface area contributed by atoms with Crippen molar-refractivity contribution >= 4 is 23.1 Å². The fourth-order valence-electron chi connectivity index (χ4n) is 3.04. The van der Waals surface area contributed by atoms with Crippen LogP contribution in [0.3, 0.4) is 0 Å². The van der Waals surface area contributed by atoms with Crippen LogP contribution < -0.4 is 9.47 Å². The molecule has 0 atom stereocenters. The predicted molar refractivity (Wildman–Crippen MR) is 115 cm³/mol. The van der Waals surface area contributed by atoms with E-state index < -0.39 is 5.97 Å². The van der Waals surface area contributed by atoms with Gasteiger partial charge in [0.05, 0.1) is 19.4 Å². The van der Waals surface area contributed by atoms with Gasteiger partial charge in [-0.2, -0.15) is 4.98 Å². The van der Waals surface area contributed by atoms with Gasteiger partial charge in [-0.05, 0) is 45.0 Å². The first kappa shape index (κ1) is 20.7. The molecule has 4 aromatic rings. The molecule has 10 heteroatoms. The Kier molecular flexibility index (Phi) is 5.81. The number of carbonyl (C=O) groups is 1. The molecule has 0 aliphatic heterocycles. The summed E-state index contributed by atoms with van der Waals surface area (Å²) < 4.78 is 17.8. The van der Waals surface area contributed by atoms with Crippen LogP contribution in [0.4, 0.5) is 0 Å². The molecular formula is C21H21N5O4S. The van der Waals surface area contributed by atoms with Crippen molar-refractivity contribution in [2.45, 2.75) is 27.4 Å². The quantitative estimate of drug-likeness (QED) is 0.403. The van der Waals surface area contributed by atoms with Crippen LogP contribution in [0, 0.1) is 13.8 Å². The van der Waals surface area contributed by atoms with Gasteiger partial charge in [-0.15, -0.1) is 16.4 Å². The average molecular weight is 439 g/mol. The molecule has 0 saturated carbocycles. The Morgan fingerprint density at radius 3 is 2.74 bits per heavy atom. The molecule has 0 radical (unpaired) electrons. The zero-order chi connectivity index (χ0) is 22.0. The van der Waals surface area contributed by atoms with Crippen molar-refractivity contribution < 1.29 is 19.0 Å². The summed E-state index contributed by atoms with van der Waals surface area (Å²) in [5, 5.41) is 6.82. The van der Waals surface area contributed by atoms with E-state index in [9.17, 15) is 4.79 Å². The Morgan fingerprint density at radius 2 is 1.97 bits per heavy atom. The topological polar surface area (TPSA) is 101 Å². The lowest BCUT2D eigenvalue weighted by Gasteiger charge is -2.09. The number of ether oxygens (including phenoxy) is 3.